The molecule has 4 nitrogen and oxygen atoms in total. The van der Waals surface area contributed by atoms with Gasteiger partial charge in [0.05, 0.1) is 0 Å². The third-order valence-electron chi connectivity index (χ3n) is 12.0. The van der Waals surface area contributed by atoms with Gasteiger partial charge in [-0.2, -0.15) is 0 Å². The number of aromatic nitrogens is 3. The molecule has 2 aromatic heterocycles. The molecule has 55 heavy (non-hydrogen) atoms. The molecule has 1 saturated carbocycles. The molecule has 4 heteroatoms. The molecule has 0 unspecified atom stereocenters. The lowest BCUT2D eigenvalue weighted by atomic mass is 9.66. The van der Waals surface area contributed by atoms with Crippen LogP contribution in [0.5, 0.6) is 0 Å². The first kappa shape index (κ1) is 31.8. The minimum Gasteiger partial charge on any atom is -0.456 e. The number of hydrogen-bond donors (Lipinski definition) is 0. The van der Waals surface area contributed by atoms with E-state index in [1.54, 1.807) is 0 Å². The number of para-hydroxylation sites is 1. The minimum atomic E-state index is 0.116. The second-order valence-corrected chi connectivity index (χ2v) is 15.1. The first-order valence-corrected chi connectivity index (χ1v) is 19.4. The van der Waals surface area contributed by atoms with Crippen LogP contribution in [-0.2, 0) is 5.41 Å². The first-order valence-electron chi connectivity index (χ1n) is 19.4. The van der Waals surface area contributed by atoms with Crippen molar-refractivity contribution in [1.29, 1.82) is 0 Å². The predicted octanol–water partition coefficient (Wildman–Crippen LogP) is 13.3. The largest absolute Gasteiger partial charge is 0.456 e. The minimum absolute atomic E-state index is 0.116. The molecule has 2 aliphatic rings. The first-order chi connectivity index (χ1) is 27.2. The van der Waals surface area contributed by atoms with Crippen LogP contribution < -0.4 is 0 Å². The Morgan fingerprint density at radius 2 is 0.927 bits per heavy atom. The van der Waals surface area contributed by atoms with Gasteiger partial charge in [-0.05, 0) is 81.6 Å². The molecule has 0 N–H and O–H groups in total. The van der Waals surface area contributed by atoms with Crippen molar-refractivity contribution in [3.05, 3.63) is 175 Å². The van der Waals surface area contributed by atoms with E-state index < -0.39 is 0 Å². The fourth-order valence-electron chi connectivity index (χ4n) is 9.35. The van der Waals surface area contributed by atoms with Crippen LogP contribution in [0.2, 0.25) is 0 Å². The van der Waals surface area contributed by atoms with Crippen LogP contribution in [0.15, 0.2) is 168 Å². The van der Waals surface area contributed by atoms with Crippen molar-refractivity contribution < 1.29 is 4.42 Å². The Morgan fingerprint density at radius 3 is 1.69 bits per heavy atom. The predicted molar refractivity (Wildman–Crippen MR) is 224 cm³/mol. The lowest BCUT2D eigenvalue weighted by Crippen LogP contribution is -2.28. The number of fused-ring (bicyclic) bond motifs is 8. The summed E-state index contributed by atoms with van der Waals surface area (Å²) in [5.74, 6) is 1.91. The molecule has 0 amide bonds. The van der Waals surface area contributed by atoms with Crippen molar-refractivity contribution in [1.82, 2.24) is 15.0 Å². The number of rotatable bonds is 5. The number of furan rings is 1. The molecule has 2 heterocycles. The lowest BCUT2D eigenvalue weighted by molar-refractivity contribution is 0.353. The SMILES string of the molecule is c1ccc(-c2nc(-c3ccc(-c4ccc(-c5cccc6c5C5(CCCCC5)c5ccccc5-6)cc4)cc3)nc(-c3ccc4oc5ccccc5c4c3)n2)cc1. The average Bonchev–Trinajstić information content (AvgIpc) is 3.77. The third kappa shape index (κ3) is 5.24. The molecule has 0 radical (unpaired) electrons. The standard InChI is InChI=1S/C51H37N3O/c1-3-12-36(13-4-1)48-52-49(54-50(53-48)38-28-29-46-43(32-38)41-15-6-8-19-45(41)55-46)37-26-22-34(23-27-37)33-20-24-35(25-21-33)39-16-11-17-42-40-14-5-7-18-44(40)51(47(39)42)30-9-2-10-31-51/h1,3-8,11-29,32H,2,9-10,30-31H2. The summed E-state index contributed by atoms with van der Waals surface area (Å²) in [4.78, 5) is 15.0. The van der Waals surface area contributed by atoms with Crippen LogP contribution in [0.1, 0.15) is 43.2 Å². The van der Waals surface area contributed by atoms with Gasteiger partial charge in [0, 0.05) is 32.9 Å². The van der Waals surface area contributed by atoms with E-state index in [-0.39, 0.29) is 5.41 Å². The Hall–Kier alpha value is -6.65. The number of hydrogen-bond acceptors (Lipinski definition) is 4. The van der Waals surface area contributed by atoms with Crippen molar-refractivity contribution >= 4 is 21.9 Å². The maximum Gasteiger partial charge on any atom is 0.164 e. The molecule has 0 saturated heterocycles. The van der Waals surface area contributed by atoms with E-state index in [1.165, 1.54) is 71.0 Å². The van der Waals surface area contributed by atoms with Crippen LogP contribution in [-0.4, -0.2) is 15.0 Å². The van der Waals surface area contributed by atoms with E-state index in [9.17, 15) is 0 Å². The quantitative estimate of drug-likeness (QED) is 0.179. The van der Waals surface area contributed by atoms with Gasteiger partial charge in [0.15, 0.2) is 17.5 Å². The molecule has 0 atom stereocenters. The van der Waals surface area contributed by atoms with Gasteiger partial charge in [-0.1, -0.05) is 159 Å². The molecule has 0 aliphatic heterocycles. The normalized spacial score (nSPS) is 14.3. The lowest BCUT2D eigenvalue weighted by Gasteiger charge is -2.37. The highest BCUT2D eigenvalue weighted by atomic mass is 16.3. The number of benzene rings is 7. The van der Waals surface area contributed by atoms with Gasteiger partial charge in [-0.25, -0.2) is 15.0 Å². The van der Waals surface area contributed by atoms with E-state index in [1.807, 2.05) is 60.7 Å². The second kappa shape index (κ2) is 12.7. The summed E-state index contributed by atoms with van der Waals surface area (Å²) in [6, 6.07) is 58.2. The summed E-state index contributed by atoms with van der Waals surface area (Å²) >= 11 is 0. The van der Waals surface area contributed by atoms with Gasteiger partial charge in [0.25, 0.3) is 0 Å². The summed E-state index contributed by atoms with van der Waals surface area (Å²) in [7, 11) is 0. The summed E-state index contributed by atoms with van der Waals surface area (Å²) in [5.41, 5.74) is 15.5. The summed E-state index contributed by atoms with van der Waals surface area (Å²) < 4.78 is 6.11. The Balaban J connectivity index is 0.940. The third-order valence-corrected chi connectivity index (χ3v) is 12.0. The van der Waals surface area contributed by atoms with Crippen molar-refractivity contribution in [3.63, 3.8) is 0 Å². The molecule has 11 rings (SSSR count). The fourth-order valence-corrected chi connectivity index (χ4v) is 9.35. The van der Waals surface area contributed by atoms with Crippen molar-refractivity contribution in [2.24, 2.45) is 0 Å². The van der Waals surface area contributed by atoms with Crippen LogP contribution in [0, 0.1) is 0 Å². The van der Waals surface area contributed by atoms with Crippen LogP contribution in [0.25, 0.3) is 89.5 Å². The zero-order chi connectivity index (χ0) is 36.3. The van der Waals surface area contributed by atoms with Crippen molar-refractivity contribution in [2.45, 2.75) is 37.5 Å². The fraction of sp³-hybridized carbons (Fsp3) is 0.118. The van der Waals surface area contributed by atoms with E-state index in [0.29, 0.717) is 17.5 Å². The molecular weight excluding hydrogens is 671 g/mol. The molecule has 1 fully saturated rings. The highest BCUT2D eigenvalue weighted by Gasteiger charge is 2.45. The monoisotopic (exact) mass is 707 g/mol. The Labute approximate surface area is 320 Å². The summed E-state index contributed by atoms with van der Waals surface area (Å²) in [6.45, 7) is 0. The Kier molecular flexibility index (Phi) is 7.38. The Morgan fingerprint density at radius 1 is 0.382 bits per heavy atom. The van der Waals surface area contributed by atoms with Gasteiger partial charge in [-0.15, -0.1) is 0 Å². The van der Waals surface area contributed by atoms with Gasteiger partial charge in [-0.3, -0.25) is 0 Å². The van der Waals surface area contributed by atoms with Gasteiger partial charge < -0.3 is 4.42 Å². The average molecular weight is 708 g/mol. The molecule has 2 aliphatic carbocycles. The smallest absolute Gasteiger partial charge is 0.164 e. The maximum atomic E-state index is 6.11. The highest BCUT2D eigenvalue weighted by molar-refractivity contribution is 6.06. The van der Waals surface area contributed by atoms with Gasteiger partial charge in [0.1, 0.15) is 11.2 Å². The van der Waals surface area contributed by atoms with E-state index in [4.69, 9.17) is 19.4 Å². The zero-order valence-electron chi connectivity index (χ0n) is 30.4. The van der Waals surface area contributed by atoms with Crippen molar-refractivity contribution in [3.8, 4) is 67.5 Å². The molecule has 7 aromatic carbocycles. The summed E-state index contributed by atoms with van der Waals surface area (Å²) in [6.07, 6.45) is 6.36. The maximum absolute atomic E-state index is 6.11. The van der Waals surface area contributed by atoms with Crippen LogP contribution >= 0.6 is 0 Å². The molecule has 262 valence electrons. The zero-order valence-corrected chi connectivity index (χ0v) is 30.4. The number of nitrogens with zero attached hydrogens (tertiary/aromatic N) is 3. The van der Waals surface area contributed by atoms with Gasteiger partial charge >= 0.3 is 0 Å². The Bertz CT molecular complexity index is 2880. The van der Waals surface area contributed by atoms with E-state index in [0.717, 1.165) is 44.2 Å². The molecule has 0 bridgehead atoms. The second-order valence-electron chi connectivity index (χ2n) is 15.1. The molecular formula is C51H37N3O. The highest BCUT2D eigenvalue weighted by Crippen LogP contribution is 2.58. The molecule has 9 aromatic rings. The van der Waals surface area contributed by atoms with E-state index >= 15 is 0 Å². The summed E-state index contributed by atoms with van der Waals surface area (Å²) in [5, 5.41) is 2.12. The van der Waals surface area contributed by atoms with Crippen molar-refractivity contribution in [2.75, 3.05) is 0 Å². The molecule has 1 spiro atoms. The van der Waals surface area contributed by atoms with Crippen LogP contribution in [0.3, 0.4) is 0 Å². The van der Waals surface area contributed by atoms with E-state index in [2.05, 4.69) is 103 Å². The van der Waals surface area contributed by atoms with Crippen LogP contribution in [0.4, 0.5) is 0 Å². The topological polar surface area (TPSA) is 51.8 Å². The van der Waals surface area contributed by atoms with Gasteiger partial charge in [0.2, 0.25) is 0 Å².